The number of anilines is 1. The fourth-order valence-corrected chi connectivity index (χ4v) is 2.69. The summed E-state index contributed by atoms with van der Waals surface area (Å²) in [5.41, 5.74) is 3.65. The smallest absolute Gasteiger partial charge is 0.0642 e. The number of rotatable bonds is 7. The molecule has 0 fully saturated rings. The summed E-state index contributed by atoms with van der Waals surface area (Å²) in [6.45, 7) is 4.82. The van der Waals surface area contributed by atoms with Crippen LogP contribution >= 0.6 is 11.6 Å². The van der Waals surface area contributed by atoms with Crippen molar-refractivity contribution in [2.45, 2.75) is 19.9 Å². The van der Waals surface area contributed by atoms with E-state index in [1.165, 1.54) is 11.1 Å². The molecular formula is C17H22ClN3. The van der Waals surface area contributed by atoms with Crippen LogP contribution in [0.5, 0.6) is 0 Å². The zero-order valence-corrected chi connectivity index (χ0v) is 13.4. The molecule has 0 bridgehead atoms. The normalized spacial score (nSPS) is 10.6. The number of aromatic nitrogens is 1. The van der Waals surface area contributed by atoms with Crippen LogP contribution in [0.1, 0.15) is 18.1 Å². The molecule has 0 amide bonds. The molecule has 1 aromatic carbocycles. The molecule has 112 valence electrons. The molecule has 0 aliphatic rings. The van der Waals surface area contributed by atoms with Crippen molar-refractivity contribution in [2.75, 3.05) is 25.0 Å². The maximum atomic E-state index is 6.41. The number of nitrogens with zero attached hydrogens (tertiary/aromatic N) is 2. The number of pyridine rings is 1. The number of benzene rings is 1. The molecule has 0 aliphatic carbocycles. The minimum atomic E-state index is 0.808. The predicted molar refractivity (Wildman–Crippen MR) is 90.0 cm³/mol. The standard InChI is InChI=1S/C17H22ClN3/c1-3-19-13-15-5-4-6-16(18)17(15)21(2)12-9-14-7-10-20-11-8-14/h4-8,10-11,19H,3,9,12-13H2,1-2H3. The molecule has 1 heterocycles. The van der Waals surface area contributed by atoms with E-state index in [4.69, 9.17) is 11.6 Å². The molecular weight excluding hydrogens is 282 g/mol. The van der Waals surface area contributed by atoms with E-state index >= 15 is 0 Å². The van der Waals surface area contributed by atoms with Crippen molar-refractivity contribution in [1.29, 1.82) is 0 Å². The summed E-state index contributed by atoms with van der Waals surface area (Å²) in [5, 5.41) is 4.18. The largest absolute Gasteiger partial charge is 0.373 e. The van der Waals surface area contributed by atoms with E-state index in [1.54, 1.807) is 0 Å². The third-order valence-corrected chi connectivity index (χ3v) is 3.81. The average molecular weight is 304 g/mol. The SMILES string of the molecule is CCNCc1cccc(Cl)c1N(C)CCc1ccncc1. The van der Waals surface area contributed by atoms with Gasteiger partial charge in [0.15, 0.2) is 0 Å². The summed E-state index contributed by atoms with van der Waals surface area (Å²) in [4.78, 5) is 6.28. The van der Waals surface area contributed by atoms with Gasteiger partial charge in [0.25, 0.3) is 0 Å². The lowest BCUT2D eigenvalue weighted by Gasteiger charge is -2.24. The van der Waals surface area contributed by atoms with Gasteiger partial charge in [-0.25, -0.2) is 0 Å². The Morgan fingerprint density at radius 3 is 2.67 bits per heavy atom. The summed E-state index contributed by atoms with van der Waals surface area (Å²) < 4.78 is 0. The van der Waals surface area contributed by atoms with Crippen molar-refractivity contribution in [3.63, 3.8) is 0 Å². The lowest BCUT2D eigenvalue weighted by atomic mass is 10.1. The first-order chi connectivity index (χ1) is 10.2. The lowest BCUT2D eigenvalue weighted by molar-refractivity contribution is 0.722. The second kappa shape index (κ2) is 8.01. The number of hydrogen-bond donors (Lipinski definition) is 1. The highest BCUT2D eigenvalue weighted by Crippen LogP contribution is 2.29. The highest BCUT2D eigenvalue weighted by Gasteiger charge is 2.11. The highest BCUT2D eigenvalue weighted by molar-refractivity contribution is 6.33. The quantitative estimate of drug-likeness (QED) is 0.848. The van der Waals surface area contributed by atoms with Crippen LogP contribution in [0.2, 0.25) is 5.02 Å². The third kappa shape index (κ3) is 4.45. The molecule has 0 aliphatic heterocycles. The van der Waals surface area contributed by atoms with Crippen LogP contribution < -0.4 is 10.2 Å². The van der Waals surface area contributed by atoms with Gasteiger partial charge in [-0.1, -0.05) is 30.7 Å². The second-order valence-corrected chi connectivity index (χ2v) is 5.46. The van der Waals surface area contributed by atoms with E-state index in [0.29, 0.717) is 0 Å². The number of nitrogens with one attached hydrogen (secondary N) is 1. The average Bonchev–Trinajstić information content (AvgIpc) is 2.51. The number of hydrogen-bond acceptors (Lipinski definition) is 3. The van der Waals surface area contributed by atoms with Crippen molar-refractivity contribution in [1.82, 2.24) is 10.3 Å². The van der Waals surface area contributed by atoms with Crippen molar-refractivity contribution in [2.24, 2.45) is 0 Å². The zero-order chi connectivity index (χ0) is 15.1. The minimum absolute atomic E-state index is 0.808. The van der Waals surface area contributed by atoms with Gasteiger partial charge in [-0.2, -0.15) is 0 Å². The zero-order valence-electron chi connectivity index (χ0n) is 12.6. The molecule has 0 saturated carbocycles. The number of para-hydroxylation sites is 1. The van der Waals surface area contributed by atoms with Crippen molar-refractivity contribution >= 4 is 17.3 Å². The van der Waals surface area contributed by atoms with Crippen LogP contribution in [-0.2, 0) is 13.0 Å². The van der Waals surface area contributed by atoms with Crippen molar-refractivity contribution < 1.29 is 0 Å². The fourth-order valence-electron chi connectivity index (χ4n) is 2.35. The van der Waals surface area contributed by atoms with Gasteiger partial charge in [0.1, 0.15) is 0 Å². The highest BCUT2D eigenvalue weighted by atomic mass is 35.5. The number of halogens is 1. The molecule has 4 heteroatoms. The van der Waals surface area contributed by atoms with Gasteiger partial charge in [-0.3, -0.25) is 4.98 Å². The van der Waals surface area contributed by atoms with Crippen LogP contribution in [0.25, 0.3) is 0 Å². The topological polar surface area (TPSA) is 28.2 Å². The molecule has 0 spiro atoms. The molecule has 1 aromatic heterocycles. The van der Waals surface area contributed by atoms with Gasteiger partial charge in [0, 0.05) is 32.5 Å². The lowest BCUT2D eigenvalue weighted by Crippen LogP contribution is -2.23. The first-order valence-electron chi connectivity index (χ1n) is 7.30. The molecule has 1 N–H and O–H groups in total. The molecule has 0 atom stereocenters. The van der Waals surface area contributed by atoms with Crippen LogP contribution in [-0.4, -0.2) is 25.1 Å². The van der Waals surface area contributed by atoms with Crippen LogP contribution in [0.15, 0.2) is 42.7 Å². The molecule has 0 saturated heterocycles. The molecule has 21 heavy (non-hydrogen) atoms. The van der Waals surface area contributed by atoms with Gasteiger partial charge in [0.2, 0.25) is 0 Å². The Bertz CT molecular complexity index is 557. The Morgan fingerprint density at radius 2 is 1.95 bits per heavy atom. The van der Waals surface area contributed by atoms with Crippen LogP contribution in [0.4, 0.5) is 5.69 Å². The van der Waals surface area contributed by atoms with Crippen LogP contribution in [0.3, 0.4) is 0 Å². The van der Waals surface area contributed by atoms with E-state index in [0.717, 1.165) is 36.8 Å². The van der Waals surface area contributed by atoms with Gasteiger partial charge < -0.3 is 10.2 Å². The molecule has 3 nitrogen and oxygen atoms in total. The van der Waals surface area contributed by atoms with Crippen LogP contribution in [0, 0.1) is 0 Å². The Hall–Kier alpha value is -1.58. The Morgan fingerprint density at radius 1 is 1.19 bits per heavy atom. The van der Waals surface area contributed by atoms with E-state index < -0.39 is 0 Å². The van der Waals surface area contributed by atoms with Gasteiger partial charge in [-0.15, -0.1) is 0 Å². The van der Waals surface area contributed by atoms with Gasteiger partial charge >= 0.3 is 0 Å². The molecule has 0 unspecified atom stereocenters. The van der Waals surface area contributed by atoms with E-state index in [-0.39, 0.29) is 0 Å². The summed E-state index contributed by atoms with van der Waals surface area (Å²) in [6, 6.07) is 10.2. The summed E-state index contributed by atoms with van der Waals surface area (Å²) in [6.07, 6.45) is 4.65. The Kier molecular flexibility index (Phi) is 6.03. The van der Waals surface area contributed by atoms with Gasteiger partial charge in [-0.05, 0) is 42.3 Å². The molecule has 0 radical (unpaired) electrons. The Balaban J connectivity index is 2.08. The van der Waals surface area contributed by atoms with E-state index in [1.807, 2.05) is 24.5 Å². The predicted octanol–water partition coefficient (Wildman–Crippen LogP) is 3.52. The first kappa shape index (κ1) is 15.8. The number of likely N-dealkylation sites (N-methyl/N-ethyl adjacent to an activating group) is 1. The van der Waals surface area contributed by atoms with Crippen molar-refractivity contribution in [3.05, 3.63) is 58.9 Å². The first-order valence-corrected chi connectivity index (χ1v) is 7.68. The monoisotopic (exact) mass is 303 g/mol. The summed E-state index contributed by atoms with van der Waals surface area (Å²) in [7, 11) is 2.10. The molecule has 2 rings (SSSR count). The van der Waals surface area contributed by atoms with Crippen molar-refractivity contribution in [3.8, 4) is 0 Å². The van der Waals surface area contributed by atoms with Gasteiger partial charge in [0.05, 0.1) is 10.7 Å². The summed E-state index contributed by atoms with van der Waals surface area (Å²) in [5.74, 6) is 0. The Labute approximate surface area is 132 Å². The minimum Gasteiger partial charge on any atom is -0.373 e. The maximum absolute atomic E-state index is 6.41. The maximum Gasteiger partial charge on any atom is 0.0642 e. The third-order valence-electron chi connectivity index (χ3n) is 3.50. The van der Waals surface area contributed by atoms with E-state index in [9.17, 15) is 0 Å². The summed E-state index contributed by atoms with van der Waals surface area (Å²) >= 11 is 6.41. The fraction of sp³-hybridized carbons (Fsp3) is 0.353. The molecule has 2 aromatic rings. The van der Waals surface area contributed by atoms with E-state index in [2.05, 4.69) is 47.4 Å². The second-order valence-electron chi connectivity index (χ2n) is 5.05.